The minimum Gasteiger partial charge on any atom is -0.486 e. The van der Waals surface area contributed by atoms with Crippen LogP contribution in [0.2, 0.25) is 5.02 Å². The first-order valence-corrected chi connectivity index (χ1v) is 13.3. The number of Topliss-reactive ketones (excluding diaryl/α,β-unsaturated/α-hetero) is 1. The Labute approximate surface area is 231 Å². The number of alkyl halides is 3. The molecule has 1 amide bonds. The Morgan fingerprint density at radius 2 is 1.73 bits per heavy atom. The van der Waals surface area contributed by atoms with E-state index < -0.39 is 28.9 Å². The fraction of sp³-hybridized carbons (Fsp3) is 0.393. The lowest BCUT2D eigenvalue weighted by Gasteiger charge is -2.31. The third kappa shape index (κ3) is 6.31. The Bertz CT molecular complexity index is 1490. The van der Waals surface area contributed by atoms with Crippen LogP contribution in [0.15, 0.2) is 47.4 Å². The minimum absolute atomic E-state index is 0.0563. The molecule has 1 saturated carbocycles. The number of piperidine rings is 1. The lowest BCUT2D eigenvalue weighted by atomic mass is 10.0. The van der Waals surface area contributed by atoms with E-state index in [1.165, 1.54) is 24.4 Å². The second-order valence-electron chi connectivity index (χ2n) is 10.2. The summed E-state index contributed by atoms with van der Waals surface area (Å²) in [6.45, 7) is 0.866. The molecule has 2 aromatic carbocycles. The van der Waals surface area contributed by atoms with Crippen molar-refractivity contribution in [2.45, 2.75) is 43.9 Å². The molecular weight excluding hydrogens is 554 g/mol. The summed E-state index contributed by atoms with van der Waals surface area (Å²) >= 11 is 5.94. The van der Waals surface area contributed by atoms with Crippen molar-refractivity contribution in [3.8, 4) is 5.75 Å². The number of carbonyl (C=O) groups is 2. The molecule has 1 saturated heterocycles. The number of fused-ring (bicyclic) bond motifs is 1. The monoisotopic (exact) mass is 579 g/mol. The zero-order chi connectivity index (χ0) is 28.6. The Hall–Kier alpha value is -3.44. The standard InChI is InChI=1S/C28H26ClF4N3O4/c29-23-12-25-21(11-24(23)30)26(38)22(14-36(25)18-3-4-18)27(39)34-17-7-9-35(10-8-17)13-19(37)15-40-20-5-1-16(2-6-20)28(31,32)33/h1-2,5-6,11-12,14,17-18H,3-4,7-10,13,15H2,(H,34,39). The topological polar surface area (TPSA) is 80.6 Å². The van der Waals surface area contributed by atoms with E-state index in [4.69, 9.17) is 16.3 Å². The van der Waals surface area contributed by atoms with Crippen LogP contribution in [0.1, 0.15) is 47.6 Å². The lowest BCUT2D eigenvalue weighted by molar-refractivity contribution is -0.137. The molecule has 1 N–H and O–H groups in total. The Morgan fingerprint density at radius 1 is 1.05 bits per heavy atom. The molecule has 0 bridgehead atoms. The van der Waals surface area contributed by atoms with Crippen molar-refractivity contribution in [1.29, 1.82) is 0 Å². The molecule has 0 spiro atoms. The van der Waals surface area contributed by atoms with Gasteiger partial charge in [0.1, 0.15) is 23.7 Å². The molecule has 3 aromatic rings. The summed E-state index contributed by atoms with van der Waals surface area (Å²) in [7, 11) is 0. The van der Waals surface area contributed by atoms with Gasteiger partial charge in [0.05, 0.1) is 22.6 Å². The average Bonchev–Trinajstić information content (AvgIpc) is 3.75. The number of hydrogen-bond donors (Lipinski definition) is 1. The van der Waals surface area contributed by atoms with Crippen LogP contribution >= 0.6 is 11.6 Å². The molecule has 2 heterocycles. The molecule has 2 aliphatic rings. The van der Waals surface area contributed by atoms with E-state index in [0.717, 1.165) is 31.0 Å². The third-order valence-corrected chi connectivity index (χ3v) is 7.45. The molecule has 212 valence electrons. The van der Waals surface area contributed by atoms with Gasteiger partial charge >= 0.3 is 6.18 Å². The van der Waals surface area contributed by atoms with E-state index in [-0.39, 0.29) is 52.7 Å². The first-order valence-electron chi connectivity index (χ1n) is 12.9. The van der Waals surface area contributed by atoms with Crippen molar-refractivity contribution in [2.75, 3.05) is 26.2 Å². The first kappa shape index (κ1) is 28.1. The molecule has 2 fully saturated rings. The predicted octanol–water partition coefficient (Wildman–Crippen LogP) is 4.99. The van der Waals surface area contributed by atoms with Crippen LogP contribution in [0.3, 0.4) is 0 Å². The van der Waals surface area contributed by atoms with Crippen molar-refractivity contribution in [1.82, 2.24) is 14.8 Å². The molecule has 1 aliphatic heterocycles. The largest absolute Gasteiger partial charge is 0.486 e. The second kappa shape index (κ2) is 11.2. The van der Waals surface area contributed by atoms with Gasteiger partial charge in [0.15, 0.2) is 5.78 Å². The van der Waals surface area contributed by atoms with Gasteiger partial charge in [-0.15, -0.1) is 0 Å². The van der Waals surface area contributed by atoms with Crippen LogP contribution in [-0.4, -0.2) is 53.4 Å². The van der Waals surface area contributed by atoms with Crippen molar-refractivity contribution < 1.29 is 31.9 Å². The number of ketones is 1. The molecular formula is C28H26ClF4N3O4. The van der Waals surface area contributed by atoms with E-state index in [9.17, 15) is 31.9 Å². The van der Waals surface area contributed by atoms with Crippen molar-refractivity contribution in [2.24, 2.45) is 0 Å². The number of aromatic nitrogens is 1. The van der Waals surface area contributed by atoms with Crippen LogP contribution in [0.4, 0.5) is 17.6 Å². The smallest absolute Gasteiger partial charge is 0.416 e. The second-order valence-corrected chi connectivity index (χ2v) is 10.6. The summed E-state index contributed by atoms with van der Waals surface area (Å²) in [6.07, 6.45) is -0.0439. The lowest BCUT2D eigenvalue weighted by Crippen LogP contribution is -2.47. The number of ether oxygens (including phenoxy) is 1. The molecule has 0 radical (unpaired) electrons. The molecule has 0 unspecified atom stereocenters. The molecule has 1 aromatic heterocycles. The molecule has 5 rings (SSSR count). The molecule has 12 heteroatoms. The van der Waals surface area contributed by atoms with Crippen LogP contribution in [0.5, 0.6) is 5.75 Å². The first-order chi connectivity index (χ1) is 19.0. The van der Waals surface area contributed by atoms with Crippen molar-refractivity contribution in [3.05, 3.63) is 74.8 Å². The quantitative estimate of drug-likeness (QED) is 0.380. The van der Waals surface area contributed by atoms with Gasteiger partial charge in [0.25, 0.3) is 5.91 Å². The van der Waals surface area contributed by atoms with Gasteiger partial charge in [-0.1, -0.05) is 11.6 Å². The number of nitrogens with one attached hydrogen (secondary N) is 1. The number of nitrogens with zero attached hydrogens (tertiary/aromatic N) is 2. The molecule has 40 heavy (non-hydrogen) atoms. The van der Waals surface area contributed by atoms with Gasteiger partial charge in [-0.05, 0) is 62.1 Å². The average molecular weight is 580 g/mol. The fourth-order valence-corrected chi connectivity index (χ4v) is 5.02. The van der Waals surface area contributed by atoms with Gasteiger partial charge in [-0.3, -0.25) is 19.3 Å². The third-order valence-electron chi connectivity index (χ3n) is 7.16. The number of halogens is 5. The molecule has 0 atom stereocenters. The summed E-state index contributed by atoms with van der Waals surface area (Å²) in [5.74, 6) is -1.32. The fourth-order valence-electron chi connectivity index (χ4n) is 4.86. The maximum atomic E-state index is 14.1. The summed E-state index contributed by atoms with van der Waals surface area (Å²) in [4.78, 5) is 40.4. The highest BCUT2D eigenvalue weighted by Crippen LogP contribution is 2.37. The maximum absolute atomic E-state index is 14.1. The maximum Gasteiger partial charge on any atom is 0.416 e. The van der Waals surface area contributed by atoms with Gasteiger partial charge < -0.3 is 14.6 Å². The van der Waals surface area contributed by atoms with E-state index in [0.29, 0.717) is 31.4 Å². The van der Waals surface area contributed by atoms with Gasteiger partial charge in [-0.25, -0.2) is 4.39 Å². The van der Waals surface area contributed by atoms with Crippen LogP contribution < -0.4 is 15.5 Å². The molecule has 7 nitrogen and oxygen atoms in total. The van der Waals surface area contributed by atoms with Crippen LogP contribution in [0, 0.1) is 5.82 Å². The Kier molecular flexibility index (Phi) is 7.87. The summed E-state index contributed by atoms with van der Waals surface area (Å²) in [6, 6.07) is 6.54. The molecule has 1 aliphatic carbocycles. The van der Waals surface area contributed by atoms with Crippen molar-refractivity contribution in [3.63, 3.8) is 0 Å². The van der Waals surface area contributed by atoms with Crippen molar-refractivity contribution >= 4 is 34.2 Å². The number of pyridine rings is 1. The Balaban J connectivity index is 1.14. The van der Waals surface area contributed by atoms with Gasteiger partial charge in [-0.2, -0.15) is 13.2 Å². The van der Waals surface area contributed by atoms with Gasteiger partial charge in [0, 0.05) is 36.8 Å². The zero-order valence-corrected chi connectivity index (χ0v) is 22.0. The normalized spacial score (nSPS) is 16.7. The van der Waals surface area contributed by atoms with Crippen LogP contribution in [0.25, 0.3) is 10.9 Å². The number of hydrogen-bond acceptors (Lipinski definition) is 5. The van der Waals surface area contributed by atoms with Gasteiger partial charge in [0.2, 0.25) is 5.43 Å². The highest BCUT2D eigenvalue weighted by molar-refractivity contribution is 6.31. The van der Waals surface area contributed by atoms with E-state index in [2.05, 4.69) is 5.32 Å². The summed E-state index contributed by atoms with van der Waals surface area (Å²) in [5.41, 5.74) is -0.917. The number of benzene rings is 2. The van der Waals surface area contributed by atoms with Crippen LogP contribution in [-0.2, 0) is 11.0 Å². The zero-order valence-electron chi connectivity index (χ0n) is 21.3. The SMILES string of the molecule is O=C(COc1ccc(C(F)(F)F)cc1)CN1CCC(NC(=O)c2cn(C3CC3)c3cc(Cl)c(F)cc3c2=O)CC1. The summed E-state index contributed by atoms with van der Waals surface area (Å²) in [5, 5.41) is 2.92. The number of rotatable bonds is 8. The van der Waals surface area contributed by atoms with E-state index in [1.54, 1.807) is 0 Å². The summed E-state index contributed by atoms with van der Waals surface area (Å²) < 4.78 is 59.3. The predicted molar refractivity (Wildman–Crippen MR) is 140 cm³/mol. The minimum atomic E-state index is -4.45. The van der Waals surface area contributed by atoms with E-state index in [1.807, 2.05) is 9.47 Å². The van der Waals surface area contributed by atoms with E-state index >= 15 is 0 Å². The number of likely N-dealkylation sites (tertiary alicyclic amines) is 1. The number of carbonyl (C=O) groups excluding carboxylic acids is 2. The highest BCUT2D eigenvalue weighted by atomic mass is 35.5. The highest BCUT2D eigenvalue weighted by Gasteiger charge is 2.31. The Morgan fingerprint density at radius 3 is 2.35 bits per heavy atom. The number of amides is 1.